The van der Waals surface area contributed by atoms with Crippen LogP contribution in [0.3, 0.4) is 0 Å². The second kappa shape index (κ2) is 6.64. The van der Waals surface area contributed by atoms with Crippen LogP contribution in [-0.2, 0) is 11.3 Å². The number of Topliss-reactive ketones (excluding diaryl/α,β-unsaturated/α-hetero) is 1. The summed E-state index contributed by atoms with van der Waals surface area (Å²) < 4.78 is 0. The third kappa shape index (κ3) is 3.14. The maximum atomic E-state index is 12.9. The Kier molecular flexibility index (Phi) is 4.37. The summed E-state index contributed by atoms with van der Waals surface area (Å²) in [6.07, 6.45) is 12.0. The normalized spacial score (nSPS) is 46.4. The first-order valence-electron chi connectivity index (χ1n) is 11.0. The summed E-state index contributed by atoms with van der Waals surface area (Å²) in [4.78, 5) is 14.3. The fourth-order valence-corrected chi connectivity index (χ4v) is 7.66. The SMILES string of the molecule is CC1(O)CCC2C(CCC3C2CCC2C(C(=O)Cn4ncnn4)CCC23)C1. The highest BCUT2D eigenvalue weighted by atomic mass is 16.3. The molecule has 4 fully saturated rings. The van der Waals surface area contributed by atoms with Gasteiger partial charge >= 0.3 is 0 Å². The van der Waals surface area contributed by atoms with Crippen LogP contribution in [0.1, 0.15) is 64.7 Å². The van der Waals surface area contributed by atoms with Gasteiger partial charge in [-0.1, -0.05) is 0 Å². The largest absolute Gasteiger partial charge is 0.390 e. The van der Waals surface area contributed by atoms with E-state index in [4.69, 9.17) is 0 Å². The van der Waals surface area contributed by atoms with Crippen LogP contribution in [0, 0.1) is 41.4 Å². The van der Waals surface area contributed by atoms with Gasteiger partial charge in [0.15, 0.2) is 12.1 Å². The number of rotatable bonds is 3. The monoisotopic (exact) mass is 372 g/mol. The molecule has 1 heterocycles. The number of fused-ring (bicyclic) bond motifs is 5. The Balaban J connectivity index is 1.27. The summed E-state index contributed by atoms with van der Waals surface area (Å²) in [6.45, 7) is 2.31. The molecule has 4 aliphatic rings. The molecule has 0 aliphatic heterocycles. The molecule has 5 rings (SSSR count). The summed E-state index contributed by atoms with van der Waals surface area (Å²) in [6, 6.07) is 0. The maximum Gasteiger partial charge on any atom is 0.162 e. The number of ketones is 1. The highest BCUT2D eigenvalue weighted by Crippen LogP contribution is 2.59. The van der Waals surface area contributed by atoms with Crippen LogP contribution in [0.4, 0.5) is 0 Å². The van der Waals surface area contributed by atoms with Gasteiger partial charge in [0.25, 0.3) is 0 Å². The quantitative estimate of drug-likeness (QED) is 0.882. The zero-order valence-electron chi connectivity index (χ0n) is 16.3. The Bertz CT molecular complexity index is 688. The van der Waals surface area contributed by atoms with E-state index in [0.29, 0.717) is 11.7 Å². The molecule has 0 bridgehead atoms. The lowest BCUT2D eigenvalue weighted by molar-refractivity contribution is -0.127. The Labute approximate surface area is 161 Å². The number of aromatic nitrogens is 4. The van der Waals surface area contributed by atoms with E-state index in [-0.39, 0.29) is 12.5 Å². The first-order chi connectivity index (χ1) is 13.0. The summed E-state index contributed by atoms with van der Waals surface area (Å²) in [5, 5.41) is 22.1. The molecule has 0 amide bonds. The molecule has 4 aliphatic carbocycles. The van der Waals surface area contributed by atoms with Gasteiger partial charge in [0.05, 0.1) is 5.60 Å². The van der Waals surface area contributed by atoms with E-state index in [1.54, 1.807) is 0 Å². The number of aliphatic hydroxyl groups is 1. The van der Waals surface area contributed by atoms with Crippen molar-refractivity contribution in [1.82, 2.24) is 20.2 Å². The van der Waals surface area contributed by atoms with Crippen molar-refractivity contribution >= 4 is 5.78 Å². The van der Waals surface area contributed by atoms with Crippen molar-refractivity contribution in [2.24, 2.45) is 41.4 Å². The van der Waals surface area contributed by atoms with Crippen molar-refractivity contribution < 1.29 is 9.90 Å². The molecule has 0 spiro atoms. The average molecular weight is 373 g/mol. The van der Waals surface area contributed by atoms with E-state index < -0.39 is 5.60 Å². The first kappa shape index (κ1) is 17.8. The third-order valence-corrected chi connectivity index (χ3v) is 8.66. The molecule has 148 valence electrons. The highest BCUT2D eigenvalue weighted by Gasteiger charge is 2.53. The van der Waals surface area contributed by atoms with Gasteiger partial charge < -0.3 is 5.11 Å². The summed E-state index contributed by atoms with van der Waals surface area (Å²) >= 11 is 0. The van der Waals surface area contributed by atoms with E-state index in [9.17, 15) is 9.90 Å². The zero-order valence-corrected chi connectivity index (χ0v) is 16.3. The van der Waals surface area contributed by atoms with Crippen LogP contribution in [0.15, 0.2) is 6.33 Å². The molecule has 0 saturated heterocycles. The molecular formula is C21H32N4O2. The first-order valence-corrected chi connectivity index (χ1v) is 11.0. The summed E-state index contributed by atoms with van der Waals surface area (Å²) in [5.41, 5.74) is -0.439. The standard InChI is InChI=1S/C21H32N4O2/c1-21(27)9-8-14-13(10-21)2-3-16-15(14)4-5-18-17(16)6-7-19(18)20(26)11-25-23-12-22-24-25/h12-19,27H,2-11H2,1H3. The molecule has 27 heavy (non-hydrogen) atoms. The van der Waals surface area contributed by atoms with Crippen molar-refractivity contribution in [2.45, 2.75) is 76.9 Å². The van der Waals surface area contributed by atoms with Crippen molar-refractivity contribution in [2.75, 3.05) is 0 Å². The lowest BCUT2D eigenvalue weighted by atomic mass is 9.52. The fraction of sp³-hybridized carbons (Fsp3) is 0.905. The molecule has 4 saturated carbocycles. The molecule has 1 aromatic heterocycles. The Morgan fingerprint density at radius 3 is 2.56 bits per heavy atom. The Morgan fingerprint density at radius 2 is 1.74 bits per heavy atom. The van der Waals surface area contributed by atoms with E-state index in [1.807, 2.05) is 6.92 Å². The molecular weight excluding hydrogens is 340 g/mol. The minimum Gasteiger partial charge on any atom is -0.390 e. The van der Waals surface area contributed by atoms with Crippen LogP contribution in [0.2, 0.25) is 0 Å². The lowest BCUT2D eigenvalue weighted by Gasteiger charge is -2.54. The van der Waals surface area contributed by atoms with Crippen molar-refractivity contribution in [1.29, 1.82) is 0 Å². The van der Waals surface area contributed by atoms with Gasteiger partial charge in [0.2, 0.25) is 0 Å². The van der Waals surface area contributed by atoms with Crippen LogP contribution in [0.5, 0.6) is 0 Å². The molecule has 8 atom stereocenters. The van der Waals surface area contributed by atoms with Crippen LogP contribution in [0.25, 0.3) is 0 Å². The van der Waals surface area contributed by atoms with E-state index in [2.05, 4.69) is 15.4 Å². The Hall–Kier alpha value is -1.30. The number of carbonyl (C=O) groups is 1. The van der Waals surface area contributed by atoms with Gasteiger partial charge in [-0.25, -0.2) is 0 Å². The average Bonchev–Trinajstić information content (AvgIpc) is 3.29. The van der Waals surface area contributed by atoms with Gasteiger partial charge in [-0.3, -0.25) is 4.79 Å². The molecule has 6 heteroatoms. The zero-order chi connectivity index (χ0) is 18.6. The molecule has 6 nitrogen and oxygen atoms in total. The van der Waals surface area contributed by atoms with E-state index in [1.165, 1.54) is 49.6 Å². The van der Waals surface area contributed by atoms with Gasteiger partial charge in [-0.15, -0.1) is 10.2 Å². The summed E-state index contributed by atoms with van der Waals surface area (Å²) in [7, 11) is 0. The molecule has 8 unspecified atom stereocenters. The van der Waals surface area contributed by atoms with Crippen molar-refractivity contribution in [3.05, 3.63) is 6.33 Å². The van der Waals surface area contributed by atoms with Crippen LogP contribution < -0.4 is 0 Å². The second-order valence-electron chi connectivity index (χ2n) is 10.1. The third-order valence-electron chi connectivity index (χ3n) is 8.66. The number of tetrazole rings is 1. The second-order valence-corrected chi connectivity index (χ2v) is 10.1. The van der Waals surface area contributed by atoms with Gasteiger partial charge in [-0.2, -0.15) is 4.80 Å². The maximum absolute atomic E-state index is 12.9. The van der Waals surface area contributed by atoms with E-state index >= 15 is 0 Å². The van der Waals surface area contributed by atoms with Crippen LogP contribution in [-0.4, -0.2) is 36.7 Å². The predicted molar refractivity (Wildman–Crippen MR) is 99.4 cm³/mol. The number of hydrogen-bond acceptors (Lipinski definition) is 5. The fourth-order valence-electron chi connectivity index (χ4n) is 7.66. The molecule has 0 aromatic carbocycles. The number of hydrogen-bond donors (Lipinski definition) is 1. The van der Waals surface area contributed by atoms with Gasteiger partial charge in [0, 0.05) is 5.92 Å². The summed E-state index contributed by atoms with van der Waals surface area (Å²) in [5.74, 6) is 5.02. The molecule has 1 aromatic rings. The smallest absolute Gasteiger partial charge is 0.162 e. The molecule has 1 N–H and O–H groups in total. The van der Waals surface area contributed by atoms with Gasteiger partial charge in [0.1, 0.15) is 6.54 Å². The number of nitrogens with zero attached hydrogens (tertiary/aromatic N) is 4. The van der Waals surface area contributed by atoms with Crippen LogP contribution >= 0.6 is 0 Å². The van der Waals surface area contributed by atoms with Crippen molar-refractivity contribution in [3.8, 4) is 0 Å². The van der Waals surface area contributed by atoms with Gasteiger partial charge in [-0.05, 0) is 105 Å². The molecule has 0 radical (unpaired) electrons. The lowest BCUT2D eigenvalue weighted by Crippen LogP contribution is -2.48. The minimum atomic E-state index is -0.439. The topological polar surface area (TPSA) is 80.9 Å². The van der Waals surface area contributed by atoms with Crippen molar-refractivity contribution in [3.63, 3.8) is 0 Å². The Morgan fingerprint density at radius 1 is 1.04 bits per heavy atom. The van der Waals surface area contributed by atoms with E-state index in [0.717, 1.165) is 48.9 Å². The highest BCUT2D eigenvalue weighted by molar-refractivity contribution is 5.81. The predicted octanol–water partition coefficient (Wildman–Crippen LogP) is 2.87. The number of carbonyl (C=O) groups excluding carboxylic acids is 1. The minimum absolute atomic E-state index is 0.201.